The molecule has 1 saturated heterocycles. The van der Waals surface area contributed by atoms with E-state index in [0.29, 0.717) is 12.5 Å². The van der Waals surface area contributed by atoms with Gasteiger partial charge in [0.25, 0.3) is 0 Å². The van der Waals surface area contributed by atoms with E-state index < -0.39 is 0 Å². The Morgan fingerprint density at radius 2 is 1.76 bits per heavy atom. The van der Waals surface area contributed by atoms with Crippen LogP contribution in [0.3, 0.4) is 0 Å². The Bertz CT molecular complexity index is 1090. The number of ether oxygens (including phenoxy) is 1. The molecule has 0 bridgehead atoms. The Labute approximate surface area is 220 Å². The van der Waals surface area contributed by atoms with E-state index in [1.54, 1.807) is 17.3 Å². The number of methoxy groups -OCH3 is 1. The third-order valence-electron chi connectivity index (χ3n) is 9.03. The molecular formula is C29H39N5O3. The van der Waals surface area contributed by atoms with E-state index in [9.17, 15) is 9.59 Å². The lowest BCUT2D eigenvalue weighted by molar-refractivity contribution is -0.119. The van der Waals surface area contributed by atoms with Crippen LogP contribution in [0.25, 0.3) is 0 Å². The minimum absolute atomic E-state index is 0.00509. The Kier molecular flexibility index (Phi) is 7.21. The van der Waals surface area contributed by atoms with Gasteiger partial charge in [-0.3, -0.25) is 9.69 Å². The number of benzene rings is 1. The maximum absolute atomic E-state index is 13.7. The zero-order valence-corrected chi connectivity index (χ0v) is 22.4. The van der Waals surface area contributed by atoms with Crippen LogP contribution in [0, 0.1) is 5.92 Å². The molecule has 2 saturated carbocycles. The third kappa shape index (κ3) is 4.96. The highest BCUT2D eigenvalue weighted by Gasteiger charge is 2.55. The number of carbonyl (C=O) groups excluding carboxylic acids is 2. The largest absolute Gasteiger partial charge is 0.467 e. The molecule has 5 rings (SSSR count). The normalized spacial score (nSPS) is 26.1. The van der Waals surface area contributed by atoms with Crippen molar-refractivity contribution in [1.29, 1.82) is 0 Å². The first-order valence-corrected chi connectivity index (χ1v) is 13.5. The van der Waals surface area contributed by atoms with Crippen LogP contribution in [0.1, 0.15) is 56.1 Å². The average molecular weight is 506 g/mol. The van der Waals surface area contributed by atoms with Crippen molar-refractivity contribution in [1.82, 2.24) is 24.7 Å². The Balaban J connectivity index is 1.32. The fourth-order valence-electron chi connectivity index (χ4n) is 6.55. The summed E-state index contributed by atoms with van der Waals surface area (Å²) in [6.45, 7) is 1.57. The summed E-state index contributed by atoms with van der Waals surface area (Å²) in [7, 11) is 5.85. The summed E-state index contributed by atoms with van der Waals surface area (Å²) in [5.74, 6) is 0.591. The molecule has 37 heavy (non-hydrogen) atoms. The number of Topliss-reactive ketones (excluding diaryl/α,β-unsaturated/α-hetero) is 1. The number of urea groups is 1. The third-order valence-corrected chi connectivity index (χ3v) is 9.03. The SMILES string of the molecule is COc1ncc(CC(=O)CN2CC3(CCC(c4ccccc4)(N(C)C)CC3)N(CC3CCC3)C2=O)cn1. The topological polar surface area (TPSA) is 78.9 Å². The number of nitrogens with zero attached hydrogens (tertiary/aromatic N) is 5. The van der Waals surface area contributed by atoms with Crippen LogP contribution in [0.5, 0.6) is 6.01 Å². The number of rotatable bonds is 9. The van der Waals surface area contributed by atoms with Crippen molar-refractivity contribution in [3.63, 3.8) is 0 Å². The second-order valence-electron chi connectivity index (χ2n) is 11.4. The first kappa shape index (κ1) is 25.6. The summed E-state index contributed by atoms with van der Waals surface area (Å²) in [6.07, 6.45) is 10.9. The summed E-state index contributed by atoms with van der Waals surface area (Å²) in [5, 5.41) is 0. The summed E-state index contributed by atoms with van der Waals surface area (Å²) >= 11 is 0. The average Bonchev–Trinajstić information content (AvgIpc) is 3.12. The highest BCUT2D eigenvalue weighted by Crippen LogP contribution is 2.49. The molecule has 2 heterocycles. The lowest BCUT2D eigenvalue weighted by atomic mass is 9.68. The molecule has 1 aliphatic heterocycles. The predicted octanol–water partition coefficient (Wildman–Crippen LogP) is 3.90. The molecular weight excluding hydrogens is 466 g/mol. The van der Waals surface area contributed by atoms with Crippen LogP contribution < -0.4 is 4.74 Å². The van der Waals surface area contributed by atoms with Gasteiger partial charge in [-0.05, 0) is 69.7 Å². The lowest BCUT2D eigenvalue weighted by Crippen LogP contribution is -2.56. The standard InChI is InChI=1S/C29H39N5O3/c1-32(2)29(24-10-5-4-6-11-24)14-12-28(13-15-29)21-33(27(36)34(28)19-22-8-7-9-22)20-25(35)16-23-17-30-26(37-3)31-18-23/h4-6,10-11,17-18,22H,7-9,12-16,19-21H2,1-3H3. The zero-order chi connectivity index (χ0) is 26.0. The van der Waals surface area contributed by atoms with Crippen LogP contribution in [0.2, 0.25) is 0 Å². The fraction of sp³-hybridized carbons (Fsp3) is 0.586. The fourth-order valence-corrected chi connectivity index (χ4v) is 6.55. The monoisotopic (exact) mass is 505 g/mol. The van der Waals surface area contributed by atoms with Crippen LogP contribution in [-0.4, -0.2) is 82.9 Å². The molecule has 2 aromatic rings. The van der Waals surface area contributed by atoms with Gasteiger partial charge in [0, 0.05) is 37.4 Å². The van der Waals surface area contributed by atoms with Crippen molar-refractivity contribution in [2.24, 2.45) is 5.92 Å². The second-order valence-corrected chi connectivity index (χ2v) is 11.4. The zero-order valence-electron chi connectivity index (χ0n) is 22.4. The van der Waals surface area contributed by atoms with E-state index in [4.69, 9.17) is 4.74 Å². The molecule has 1 aromatic carbocycles. The molecule has 198 valence electrons. The first-order chi connectivity index (χ1) is 17.8. The van der Waals surface area contributed by atoms with Crippen LogP contribution in [0.15, 0.2) is 42.7 Å². The van der Waals surface area contributed by atoms with Gasteiger partial charge >= 0.3 is 12.0 Å². The summed E-state index contributed by atoms with van der Waals surface area (Å²) in [4.78, 5) is 41.3. The molecule has 0 unspecified atom stereocenters. The summed E-state index contributed by atoms with van der Waals surface area (Å²) in [6, 6.07) is 11.1. The molecule has 8 nitrogen and oxygen atoms in total. The van der Waals surface area contributed by atoms with Crippen LogP contribution >= 0.6 is 0 Å². The molecule has 0 radical (unpaired) electrons. The van der Waals surface area contributed by atoms with Gasteiger partial charge in [-0.2, -0.15) is 0 Å². The number of aromatic nitrogens is 2. The summed E-state index contributed by atoms with van der Waals surface area (Å²) in [5.41, 5.74) is 1.84. The number of hydrogen-bond donors (Lipinski definition) is 0. The van der Waals surface area contributed by atoms with Crippen LogP contribution in [0.4, 0.5) is 4.79 Å². The van der Waals surface area contributed by atoms with Crippen molar-refractivity contribution in [3.8, 4) is 6.01 Å². The number of hydrogen-bond acceptors (Lipinski definition) is 6. The molecule has 8 heteroatoms. The van der Waals surface area contributed by atoms with Gasteiger partial charge in [0.15, 0.2) is 5.78 Å². The molecule has 0 atom stereocenters. The number of amides is 2. The van der Waals surface area contributed by atoms with E-state index in [1.165, 1.54) is 31.9 Å². The minimum Gasteiger partial charge on any atom is -0.467 e. The van der Waals surface area contributed by atoms with Crippen molar-refractivity contribution in [2.45, 2.75) is 62.4 Å². The van der Waals surface area contributed by atoms with E-state index in [1.807, 2.05) is 0 Å². The van der Waals surface area contributed by atoms with E-state index >= 15 is 0 Å². The van der Waals surface area contributed by atoms with Gasteiger partial charge in [0.05, 0.1) is 19.2 Å². The molecule has 3 fully saturated rings. The number of carbonyl (C=O) groups is 2. The van der Waals surface area contributed by atoms with Crippen molar-refractivity contribution in [2.75, 3.05) is 40.8 Å². The molecule has 0 N–H and O–H groups in total. The quantitative estimate of drug-likeness (QED) is 0.514. The molecule has 1 spiro atoms. The van der Waals surface area contributed by atoms with Crippen LogP contribution in [-0.2, 0) is 16.8 Å². The van der Waals surface area contributed by atoms with Crippen molar-refractivity contribution < 1.29 is 14.3 Å². The second kappa shape index (κ2) is 10.4. The smallest absolute Gasteiger partial charge is 0.321 e. The van der Waals surface area contributed by atoms with Gasteiger partial charge in [0.2, 0.25) is 0 Å². The lowest BCUT2D eigenvalue weighted by Gasteiger charge is -2.51. The molecule has 1 aromatic heterocycles. The van der Waals surface area contributed by atoms with Gasteiger partial charge in [-0.1, -0.05) is 36.8 Å². The van der Waals surface area contributed by atoms with Crippen molar-refractivity contribution in [3.05, 3.63) is 53.9 Å². The van der Waals surface area contributed by atoms with E-state index in [0.717, 1.165) is 37.8 Å². The highest BCUT2D eigenvalue weighted by atomic mass is 16.5. The number of ketones is 1. The van der Waals surface area contributed by atoms with Gasteiger partial charge in [-0.15, -0.1) is 0 Å². The van der Waals surface area contributed by atoms with Crippen molar-refractivity contribution >= 4 is 11.8 Å². The minimum atomic E-state index is -0.204. The first-order valence-electron chi connectivity index (χ1n) is 13.5. The van der Waals surface area contributed by atoms with Gasteiger partial charge in [0.1, 0.15) is 0 Å². The van der Waals surface area contributed by atoms with E-state index in [2.05, 4.69) is 64.2 Å². The molecule has 2 aliphatic carbocycles. The molecule has 3 aliphatic rings. The van der Waals surface area contributed by atoms with Gasteiger partial charge in [-0.25, -0.2) is 14.8 Å². The van der Waals surface area contributed by atoms with E-state index in [-0.39, 0.29) is 41.9 Å². The highest BCUT2D eigenvalue weighted by molar-refractivity contribution is 5.88. The maximum atomic E-state index is 13.7. The Morgan fingerprint density at radius 1 is 1.08 bits per heavy atom. The molecule has 2 amide bonds. The predicted molar refractivity (Wildman–Crippen MR) is 141 cm³/mol. The maximum Gasteiger partial charge on any atom is 0.321 e. The summed E-state index contributed by atoms with van der Waals surface area (Å²) < 4.78 is 5.01. The van der Waals surface area contributed by atoms with Gasteiger partial charge < -0.3 is 14.5 Å². The Morgan fingerprint density at radius 3 is 2.32 bits per heavy atom. The Hall–Kier alpha value is -3.00.